The van der Waals surface area contributed by atoms with E-state index in [-0.39, 0.29) is 5.91 Å². The largest absolute Gasteiger partial charge is 0.378 e. The van der Waals surface area contributed by atoms with E-state index in [4.69, 9.17) is 10.5 Å². The van der Waals surface area contributed by atoms with Crippen LogP contribution in [0.1, 0.15) is 48.2 Å². The molecule has 0 saturated heterocycles. The lowest BCUT2D eigenvalue weighted by Crippen LogP contribution is -2.31. The van der Waals surface area contributed by atoms with Crippen LogP contribution in [0.25, 0.3) is 0 Å². The molecule has 0 atom stereocenters. The maximum atomic E-state index is 12.0. The summed E-state index contributed by atoms with van der Waals surface area (Å²) >= 11 is 0. The third kappa shape index (κ3) is 4.54. The van der Waals surface area contributed by atoms with Crippen LogP contribution in [-0.2, 0) is 11.8 Å². The van der Waals surface area contributed by atoms with Crippen molar-refractivity contribution < 1.29 is 9.53 Å². The monoisotopic (exact) mass is 294 g/mol. The molecular formula is C15H26N4O2. The van der Waals surface area contributed by atoms with E-state index in [0.717, 1.165) is 37.8 Å². The molecule has 0 bridgehead atoms. The molecule has 21 heavy (non-hydrogen) atoms. The van der Waals surface area contributed by atoms with Crippen molar-refractivity contribution in [3.63, 3.8) is 0 Å². The summed E-state index contributed by atoms with van der Waals surface area (Å²) in [6.45, 7) is 3.20. The lowest BCUT2D eigenvalue weighted by Gasteiger charge is -2.26. The first-order valence-corrected chi connectivity index (χ1v) is 7.72. The Morgan fingerprint density at radius 3 is 2.81 bits per heavy atom. The van der Waals surface area contributed by atoms with Crippen molar-refractivity contribution in [3.8, 4) is 0 Å². The molecule has 0 spiro atoms. The Bertz CT molecular complexity index is 464. The topological polar surface area (TPSA) is 82.2 Å². The molecule has 1 heterocycles. The highest BCUT2D eigenvalue weighted by molar-refractivity contribution is 5.94. The minimum Gasteiger partial charge on any atom is -0.378 e. The highest BCUT2D eigenvalue weighted by Gasteiger charge is 2.18. The standard InChI is InChI=1S/C15H26N4O2/c1-11-14(10-18-19(11)2)15(20)17-8-3-9-21-13-6-4-12(16)5-7-13/h10,12-13H,3-9,16H2,1-2H3,(H,17,20). The second-order valence-electron chi connectivity index (χ2n) is 5.78. The predicted octanol–water partition coefficient (Wildman–Crippen LogP) is 1.13. The van der Waals surface area contributed by atoms with Crippen molar-refractivity contribution in [1.82, 2.24) is 15.1 Å². The number of amides is 1. The molecule has 1 aliphatic carbocycles. The number of carbonyl (C=O) groups excluding carboxylic acids is 1. The van der Waals surface area contributed by atoms with Crippen LogP contribution < -0.4 is 11.1 Å². The van der Waals surface area contributed by atoms with Gasteiger partial charge in [0.2, 0.25) is 0 Å². The normalized spacial score (nSPS) is 22.2. The first kappa shape index (κ1) is 16.0. The smallest absolute Gasteiger partial charge is 0.254 e. The molecule has 0 unspecified atom stereocenters. The maximum absolute atomic E-state index is 12.0. The SMILES string of the molecule is Cc1c(C(=O)NCCCOC2CCC(N)CC2)cnn1C. The molecule has 0 radical (unpaired) electrons. The Labute approximate surface area is 126 Å². The summed E-state index contributed by atoms with van der Waals surface area (Å²) in [7, 11) is 1.83. The zero-order valence-electron chi connectivity index (χ0n) is 13.0. The average molecular weight is 294 g/mol. The fourth-order valence-corrected chi connectivity index (χ4v) is 2.60. The van der Waals surface area contributed by atoms with Crippen molar-refractivity contribution in [1.29, 1.82) is 0 Å². The number of nitrogens with one attached hydrogen (secondary N) is 1. The van der Waals surface area contributed by atoms with Crippen LogP contribution >= 0.6 is 0 Å². The molecule has 6 heteroatoms. The van der Waals surface area contributed by atoms with Crippen molar-refractivity contribution in [2.24, 2.45) is 12.8 Å². The Morgan fingerprint density at radius 2 is 2.19 bits per heavy atom. The van der Waals surface area contributed by atoms with Gasteiger partial charge in [-0.2, -0.15) is 5.10 Å². The summed E-state index contributed by atoms with van der Waals surface area (Å²) in [5.41, 5.74) is 7.38. The zero-order chi connectivity index (χ0) is 15.2. The number of rotatable bonds is 6. The molecule has 1 aromatic rings. The van der Waals surface area contributed by atoms with E-state index in [1.54, 1.807) is 10.9 Å². The van der Waals surface area contributed by atoms with Crippen LogP contribution in [0.4, 0.5) is 0 Å². The molecule has 1 aromatic heterocycles. The van der Waals surface area contributed by atoms with Crippen molar-refractivity contribution in [2.75, 3.05) is 13.2 Å². The maximum Gasteiger partial charge on any atom is 0.254 e. The molecule has 0 aliphatic heterocycles. The van der Waals surface area contributed by atoms with E-state index in [0.29, 0.717) is 30.9 Å². The van der Waals surface area contributed by atoms with Crippen LogP contribution in [0.5, 0.6) is 0 Å². The molecule has 0 aromatic carbocycles. The molecule has 1 fully saturated rings. The van der Waals surface area contributed by atoms with Crippen molar-refractivity contribution >= 4 is 5.91 Å². The van der Waals surface area contributed by atoms with Crippen LogP contribution in [0.2, 0.25) is 0 Å². The highest BCUT2D eigenvalue weighted by atomic mass is 16.5. The number of aryl methyl sites for hydroxylation is 1. The Balaban J connectivity index is 1.59. The Hall–Kier alpha value is -1.40. The fourth-order valence-electron chi connectivity index (χ4n) is 2.60. The molecule has 6 nitrogen and oxygen atoms in total. The van der Waals surface area contributed by atoms with Gasteiger partial charge in [0.25, 0.3) is 5.91 Å². The van der Waals surface area contributed by atoms with Crippen LogP contribution in [-0.4, -0.2) is 41.0 Å². The van der Waals surface area contributed by atoms with Crippen LogP contribution in [0, 0.1) is 6.92 Å². The van der Waals surface area contributed by atoms with Gasteiger partial charge in [0.15, 0.2) is 0 Å². The van der Waals surface area contributed by atoms with Gasteiger partial charge in [-0.15, -0.1) is 0 Å². The zero-order valence-corrected chi connectivity index (χ0v) is 13.0. The summed E-state index contributed by atoms with van der Waals surface area (Å²) in [5.74, 6) is -0.0655. The molecule has 2 rings (SSSR count). The summed E-state index contributed by atoms with van der Waals surface area (Å²) in [6.07, 6.45) is 7.01. The van der Waals surface area contributed by atoms with E-state index in [1.807, 2.05) is 14.0 Å². The van der Waals surface area contributed by atoms with Crippen molar-refractivity contribution in [3.05, 3.63) is 17.5 Å². The minimum absolute atomic E-state index is 0.0655. The number of ether oxygens (including phenoxy) is 1. The van der Waals surface area contributed by atoms with E-state index in [9.17, 15) is 4.79 Å². The predicted molar refractivity (Wildman–Crippen MR) is 81.1 cm³/mol. The average Bonchev–Trinajstić information content (AvgIpc) is 2.80. The highest BCUT2D eigenvalue weighted by Crippen LogP contribution is 2.19. The first-order chi connectivity index (χ1) is 10.1. The van der Waals surface area contributed by atoms with Crippen LogP contribution in [0.15, 0.2) is 6.20 Å². The summed E-state index contributed by atoms with van der Waals surface area (Å²) < 4.78 is 7.52. The second kappa shape index (κ2) is 7.56. The van der Waals surface area contributed by atoms with Gasteiger partial charge in [-0.3, -0.25) is 9.48 Å². The Kier molecular flexibility index (Phi) is 5.76. The number of carbonyl (C=O) groups is 1. The van der Waals surface area contributed by atoms with Gasteiger partial charge >= 0.3 is 0 Å². The van der Waals surface area contributed by atoms with Crippen LogP contribution in [0.3, 0.4) is 0 Å². The third-order valence-corrected chi connectivity index (χ3v) is 4.16. The fraction of sp³-hybridized carbons (Fsp3) is 0.733. The molecule has 1 amide bonds. The van der Waals surface area contributed by atoms with E-state index >= 15 is 0 Å². The van der Waals surface area contributed by atoms with Gasteiger partial charge in [-0.25, -0.2) is 0 Å². The molecule has 118 valence electrons. The number of hydrogen-bond donors (Lipinski definition) is 2. The quantitative estimate of drug-likeness (QED) is 0.771. The number of aromatic nitrogens is 2. The number of nitrogens with two attached hydrogens (primary N) is 1. The lowest BCUT2D eigenvalue weighted by molar-refractivity contribution is 0.0241. The molecule has 3 N–H and O–H groups in total. The third-order valence-electron chi connectivity index (χ3n) is 4.16. The number of nitrogens with zero attached hydrogens (tertiary/aromatic N) is 2. The first-order valence-electron chi connectivity index (χ1n) is 7.72. The van der Waals surface area contributed by atoms with Gasteiger partial charge in [-0.05, 0) is 39.0 Å². The molecular weight excluding hydrogens is 268 g/mol. The van der Waals surface area contributed by atoms with Crippen molar-refractivity contribution in [2.45, 2.75) is 51.2 Å². The van der Waals surface area contributed by atoms with E-state index in [2.05, 4.69) is 10.4 Å². The van der Waals surface area contributed by atoms with E-state index < -0.39 is 0 Å². The van der Waals surface area contributed by atoms with Gasteiger partial charge in [-0.1, -0.05) is 0 Å². The molecule has 1 aliphatic rings. The minimum atomic E-state index is -0.0655. The lowest BCUT2D eigenvalue weighted by atomic mass is 9.94. The van der Waals surface area contributed by atoms with Gasteiger partial charge < -0.3 is 15.8 Å². The number of hydrogen-bond acceptors (Lipinski definition) is 4. The Morgan fingerprint density at radius 1 is 1.48 bits per heavy atom. The summed E-state index contributed by atoms with van der Waals surface area (Å²) in [5, 5.41) is 6.98. The van der Waals surface area contributed by atoms with Gasteiger partial charge in [0.05, 0.1) is 17.9 Å². The second-order valence-corrected chi connectivity index (χ2v) is 5.78. The van der Waals surface area contributed by atoms with Gasteiger partial charge in [0.1, 0.15) is 0 Å². The molecule has 1 saturated carbocycles. The van der Waals surface area contributed by atoms with Gasteiger partial charge in [0, 0.05) is 31.9 Å². The summed E-state index contributed by atoms with van der Waals surface area (Å²) in [4.78, 5) is 12.0. The summed E-state index contributed by atoms with van der Waals surface area (Å²) in [6, 6.07) is 0.354. The van der Waals surface area contributed by atoms with E-state index in [1.165, 1.54) is 0 Å².